The van der Waals surface area contributed by atoms with Gasteiger partial charge in [0.25, 0.3) is 5.69 Å². The highest BCUT2D eigenvalue weighted by Crippen LogP contribution is 2.40. The molecule has 138 valence electrons. The number of nitro groups is 1. The van der Waals surface area contributed by atoms with Crippen molar-refractivity contribution in [2.75, 3.05) is 10.6 Å². The summed E-state index contributed by atoms with van der Waals surface area (Å²) in [6.45, 7) is 0.478. The van der Waals surface area contributed by atoms with E-state index in [4.69, 9.17) is 0 Å². The molecule has 0 atom stereocenters. The van der Waals surface area contributed by atoms with E-state index in [-0.39, 0.29) is 11.5 Å². The van der Waals surface area contributed by atoms with E-state index in [1.807, 2.05) is 6.07 Å². The third-order valence-electron chi connectivity index (χ3n) is 4.48. The van der Waals surface area contributed by atoms with Crippen molar-refractivity contribution in [3.63, 3.8) is 0 Å². The number of nitrogens with one attached hydrogen (secondary N) is 3. The highest BCUT2D eigenvalue weighted by molar-refractivity contribution is 5.72. The maximum Gasteiger partial charge on any atom is 0.292 e. The Hall–Kier alpha value is -3.42. The smallest absolute Gasteiger partial charge is 0.292 e. The van der Waals surface area contributed by atoms with Crippen LogP contribution in [0.25, 0.3) is 0 Å². The largest absolute Gasteiger partial charge is 0.381 e. The first kappa shape index (κ1) is 17.0. The summed E-state index contributed by atoms with van der Waals surface area (Å²) in [6.07, 6.45) is 2.29. The average Bonchev–Trinajstić information content (AvgIpc) is 3.41. The molecule has 7 nitrogen and oxygen atoms in total. The van der Waals surface area contributed by atoms with Gasteiger partial charge in [0.15, 0.2) is 5.82 Å². The lowest BCUT2D eigenvalue weighted by Crippen LogP contribution is -2.02. The summed E-state index contributed by atoms with van der Waals surface area (Å²) in [4.78, 5) is 10.9. The monoisotopic (exact) mass is 367 g/mol. The topological polar surface area (TPSA) is 95.9 Å². The first-order chi connectivity index (χ1) is 13.1. The molecule has 3 aromatic rings. The molecule has 27 heavy (non-hydrogen) atoms. The Labute approximate surface area is 154 Å². The van der Waals surface area contributed by atoms with Crippen LogP contribution in [0.1, 0.15) is 30.0 Å². The molecule has 0 spiro atoms. The lowest BCUT2D eigenvalue weighted by Gasteiger charge is -2.10. The molecule has 4 rings (SSSR count). The summed E-state index contributed by atoms with van der Waals surface area (Å²) >= 11 is 0. The summed E-state index contributed by atoms with van der Waals surface area (Å²) in [6, 6.07) is 12.8. The first-order valence-electron chi connectivity index (χ1n) is 8.67. The van der Waals surface area contributed by atoms with Gasteiger partial charge in [-0.25, -0.2) is 4.39 Å². The molecule has 8 heteroatoms. The Morgan fingerprint density at radius 1 is 1.19 bits per heavy atom. The predicted octanol–water partition coefficient (Wildman–Crippen LogP) is 4.69. The van der Waals surface area contributed by atoms with E-state index in [2.05, 4.69) is 20.8 Å². The number of rotatable bonds is 7. The van der Waals surface area contributed by atoms with Crippen LogP contribution < -0.4 is 10.6 Å². The molecule has 0 saturated heterocycles. The normalized spacial score (nSPS) is 13.4. The van der Waals surface area contributed by atoms with E-state index in [9.17, 15) is 14.5 Å². The summed E-state index contributed by atoms with van der Waals surface area (Å²) in [5.74, 6) is 0.785. The number of anilines is 3. The van der Waals surface area contributed by atoms with Gasteiger partial charge >= 0.3 is 0 Å². The molecule has 1 fully saturated rings. The van der Waals surface area contributed by atoms with Crippen LogP contribution in [0, 0.1) is 15.9 Å². The number of benzene rings is 2. The highest BCUT2D eigenvalue weighted by Gasteiger charge is 2.26. The number of halogens is 1. The van der Waals surface area contributed by atoms with Gasteiger partial charge in [0.05, 0.1) is 4.92 Å². The SMILES string of the molecule is O=[N+]([O-])c1ccc(NCc2ccc(F)cc2)cc1Nc1cc(C2CC2)[nH]n1. The van der Waals surface area contributed by atoms with Crippen molar-refractivity contribution in [3.8, 4) is 0 Å². The standard InChI is InChI=1S/C19H18FN5O2/c20-14-5-1-12(2-6-14)11-21-15-7-8-18(25(26)27)17(9-15)22-19-10-16(23-24-19)13-3-4-13/h1-2,5-10,13,21H,3-4,11H2,(H2,22,23,24). The van der Waals surface area contributed by atoms with Crippen molar-refractivity contribution in [3.05, 3.63) is 75.7 Å². The Balaban J connectivity index is 1.51. The zero-order chi connectivity index (χ0) is 18.8. The molecule has 3 N–H and O–H groups in total. The van der Waals surface area contributed by atoms with Gasteiger partial charge in [-0.2, -0.15) is 5.10 Å². The second-order valence-electron chi connectivity index (χ2n) is 6.58. The average molecular weight is 367 g/mol. The quantitative estimate of drug-likeness (QED) is 0.416. The van der Waals surface area contributed by atoms with Gasteiger partial charge in [0.1, 0.15) is 11.5 Å². The van der Waals surface area contributed by atoms with Gasteiger partial charge in [0, 0.05) is 36.0 Å². The number of nitrogens with zero attached hydrogens (tertiary/aromatic N) is 2. The van der Waals surface area contributed by atoms with Crippen LogP contribution in [0.2, 0.25) is 0 Å². The first-order valence-corrected chi connectivity index (χ1v) is 8.67. The van der Waals surface area contributed by atoms with Crippen LogP contribution in [0.3, 0.4) is 0 Å². The minimum Gasteiger partial charge on any atom is -0.381 e. The van der Waals surface area contributed by atoms with E-state index in [1.54, 1.807) is 24.3 Å². The van der Waals surface area contributed by atoms with Crippen LogP contribution in [0.4, 0.5) is 27.3 Å². The molecule has 0 unspecified atom stereocenters. The van der Waals surface area contributed by atoms with Gasteiger partial charge in [-0.15, -0.1) is 0 Å². The van der Waals surface area contributed by atoms with E-state index < -0.39 is 4.92 Å². The predicted molar refractivity (Wildman–Crippen MR) is 101 cm³/mol. The highest BCUT2D eigenvalue weighted by atomic mass is 19.1. The van der Waals surface area contributed by atoms with Crippen LogP contribution in [0.5, 0.6) is 0 Å². The number of hydrogen-bond acceptors (Lipinski definition) is 5. The van der Waals surface area contributed by atoms with Gasteiger partial charge < -0.3 is 10.6 Å². The van der Waals surface area contributed by atoms with Crippen molar-refractivity contribution >= 4 is 22.9 Å². The number of nitro benzene ring substituents is 1. The fourth-order valence-corrected chi connectivity index (χ4v) is 2.85. The molecule has 0 radical (unpaired) electrons. The fraction of sp³-hybridized carbons (Fsp3) is 0.211. The van der Waals surface area contributed by atoms with Crippen molar-refractivity contribution < 1.29 is 9.31 Å². The van der Waals surface area contributed by atoms with Gasteiger partial charge in [-0.1, -0.05) is 12.1 Å². The molecule has 1 aliphatic rings. The summed E-state index contributed by atoms with van der Waals surface area (Å²) in [5, 5.41) is 24.7. The minimum absolute atomic E-state index is 0.0293. The lowest BCUT2D eigenvalue weighted by atomic mass is 10.2. The second kappa shape index (κ2) is 7.06. The molecule has 1 aliphatic carbocycles. The Morgan fingerprint density at radius 3 is 2.67 bits per heavy atom. The summed E-state index contributed by atoms with van der Waals surface area (Å²) in [7, 11) is 0. The fourth-order valence-electron chi connectivity index (χ4n) is 2.85. The molecule has 2 aromatic carbocycles. The molecular formula is C19H18FN5O2. The molecule has 1 heterocycles. The van der Waals surface area contributed by atoms with Crippen LogP contribution in [-0.4, -0.2) is 15.1 Å². The van der Waals surface area contributed by atoms with Gasteiger partial charge in [-0.05, 0) is 42.7 Å². The maximum atomic E-state index is 13.0. The van der Waals surface area contributed by atoms with E-state index in [0.29, 0.717) is 29.7 Å². The van der Waals surface area contributed by atoms with E-state index >= 15 is 0 Å². The lowest BCUT2D eigenvalue weighted by molar-refractivity contribution is -0.383. The third-order valence-corrected chi connectivity index (χ3v) is 4.48. The minimum atomic E-state index is -0.430. The van der Waals surface area contributed by atoms with Gasteiger partial charge in [-0.3, -0.25) is 15.2 Å². The second-order valence-corrected chi connectivity index (χ2v) is 6.58. The number of aromatic amines is 1. The van der Waals surface area contributed by atoms with Gasteiger partial charge in [0.2, 0.25) is 0 Å². The molecule has 1 saturated carbocycles. The van der Waals surface area contributed by atoms with E-state index in [0.717, 1.165) is 24.1 Å². The van der Waals surface area contributed by atoms with Crippen molar-refractivity contribution in [2.24, 2.45) is 0 Å². The number of aromatic nitrogens is 2. The summed E-state index contributed by atoms with van der Waals surface area (Å²) < 4.78 is 13.0. The zero-order valence-electron chi connectivity index (χ0n) is 14.4. The number of hydrogen-bond donors (Lipinski definition) is 3. The molecule has 1 aromatic heterocycles. The van der Waals surface area contributed by atoms with Crippen LogP contribution in [0.15, 0.2) is 48.5 Å². The van der Waals surface area contributed by atoms with Crippen LogP contribution >= 0.6 is 0 Å². The Kier molecular flexibility index (Phi) is 4.45. The van der Waals surface area contributed by atoms with Crippen molar-refractivity contribution in [2.45, 2.75) is 25.3 Å². The van der Waals surface area contributed by atoms with Crippen molar-refractivity contribution in [1.29, 1.82) is 0 Å². The zero-order valence-corrected chi connectivity index (χ0v) is 14.4. The molecule has 0 aliphatic heterocycles. The molecule has 0 amide bonds. The number of H-pyrrole nitrogens is 1. The molecular weight excluding hydrogens is 349 g/mol. The molecule has 0 bridgehead atoms. The summed E-state index contributed by atoms with van der Waals surface area (Å²) in [5.41, 5.74) is 3.00. The van der Waals surface area contributed by atoms with Crippen molar-refractivity contribution in [1.82, 2.24) is 10.2 Å². The third kappa shape index (κ3) is 4.05. The van der Waals surface area contributed by atoms with Crippen LogP contribution in [-0.2, 0) is 6.54 Å². The Bertz CT molecular complexity index is 966. The maximum absolute atomic E-state index is 13.0. The Morgan fingerprint density at radius 2 is 1.96 bits per heavy atom. The van der Waals surface area contributed by atoms with E-state index in [1.165, 1.54) is 18.2 Å².